The molecule has 102 valence electrons. The maximum Gasteiger partial charge on any atom is -0.0111 e. The van der Waals surface area contributed by atoms with Gasteiger partial charge in [0, 0.05) is 0 Å². The van der Waals surface area contributed by atoms with Crippen LogP contribution in [0.15, 0.2) is 30.3 Å². The lowest BCUT2D eigenvalue weighted by Gasteiger charge is -2.33. The van der Waals surface area contributed by atoms with Crippen molar-refractivity contribution in [2.45, 2.75) is 65.7 Å². The van der Waals surface area contributed by atoms with E-state index >= 15 is 0 Å². The molecule has 1 aromatic carbocycles. The highest BCUT2D eigenvalue weighted by molar-refractivity contribution is 5.21. The van der Waals surface area contributed by atoms with Gasteiger partial charge in [0.2, 0.25) is 0 Å². The normalized spacial score (nSPS) is 18.1. The van der Waals surface area contributed by atoms with Gasteiger partial charge < -0.3 is 0 Å². The Kier molecular flexibility index (Phi) is 7.08. The molecule has 0 aromatic heterocycles. The Morgan fingerprint density at radius 3 is 1.94 bits per heavy atom. The number of hydrogen-bond donors (Lipinski definition) is 0. The Bertz CT molecular complexity index is 293. The molecule has 0 aliphatic heterocycles. The summed E-state index contributed by atoms with van der Waals surface area (Å²) in [5.74, 6) is 2.48. The SMILES string of the molecule is CC.CC(C)C(c1ccccc1)C1CCCCC1. The van der Waals surface area contributed by atoms with Crippen LogP contribution in [0.1, 0.15) is 71.3 Å². The molecule has 2 rings (SSSR count). The Labute approximate surface area is 114 Å². The van der Waals surface area contributed by atoms with E-state index in [0.29, 0.717) is 0 Å². The van der Waals surface area contributed by atoms with Gasteiger partial charge in [-0.3, -0.25) is 0 Å². The quantitative estimate of drug-likeness (QED) is 0.610. The Morgan fingerprint density at radius 1 is 0.889 bits per heavy atom. The molecule has 0 spiro atoms. The van der Waals surface area contributed by atoms with E-state index in [1.54, 1.807) is 5.56 Å². The van der Waals surface area contributed by atoms with Gasteiger partial charge in [-0.05, 0) is 36.2 Å². The lowest BCUT2D eigenvalue weighted by Crippen LogP contribution is -2.20. The third-order valence-electron chi connectivity index (χ3n) is 4.06. The molecule has 1 aliphatic rings. The average molecular weight is 246 g/mol. The summed E-state index contributed by atoms with van der Waals surface area (Å²) in [4.78, 5) is 0. The summed E-state index contributed by atoms with van der Waals surface area (Å²) < 4.78 is 0. The van der Waals surface area contributed by atoms with Gasteiger partial charge in [0.25, 0.3) is 0 Å². The molecular formula is C18H30. The van der Waals surface area contributed by atoms with Crippen molar-refractivity contribution in [2.24, 2.45) is 11.8 Å². The highest BCUT2D eigenvalue weighted by atomic mass is 14.3. The second-order valence-electron chi connectivity index (χ2n) is 5.58. The van der Waals surface area contributed by atoms with E-state index in [0.717, 1.165) is 17.8 Å². The minimum absolute atomic E-state index is 0.769. The number of rotatable bonds is 3. The largest absolute Gasteiger partial charge is 0.0683 e. The van der Waals surface area contributed by atoms with Crippen LogP contribution in [0.2, 0.25) is 0 Å². The van der Waals surface area contributed by atoms with Gasteiger partial charge in [0.05, 0.1) is 0 Å². The molecule has 1 aliphatic carbocycles. The van der Waals surface area contributed by atoms with Crippen LogP contribution < -0.4 is 0 Å². The van der Waals surface area contributed by atoms with Crippen LogP contribution in [0.3, 0.4) is 0 Å². The Balaban J connectivity index is 0.000000771. The highest BCUT2D eigenvalue weighted by Crippen LogP contribution is 2.40. The molecule has 18 heavy (non-hydrogen) atoms. The van der Waals surface area contributed by atoms with Gasteiger partial charge in [-0.2, -0.15) is 0 Å². The first-order valence-electron chi connectivity index (χ1n) is 7.84. The molecule has 1 saturated carbocycles. The van der Waals surface area contributed by atoms with Gasteiger partial charge >= 0.3 is 0 Å². The molecule has 0 radical (unpaired) electrons. The molecule has 0 heterocycles. The molecule has 0 N–H and O–H groups in total. The van der Waals surface area contributed by atoms with E-state index < -0.39 is 0 Å². The predicted octanol–water partition coefficient (Wildman–Crippen LogP) is 6.03. The molecule has 1 unspecified atom stereocenters. The van der Waals surface area contributed by atoms with Crippen molar-refractivity contribution in [1.82, 2.24) is 0 Å². The molecule has 0 bridgehead atoms. The van der Waals surface area contributed by atoms with E-state index in [9.17, 15) is 0 Å². The van der Waals surface area contributed by atoms with Gasteiger partial charge in [-0.1, -0.05) is 77.3 Å². The number of hydrogen-bond acceptors (Lipinski definition) is 0. The van der Waals surface area contributed by atoms with E-state index in [-0.39, 0.29) is 0 Å². The molecule has 1 atom stereocenters. The monoisotopic (exact) mass is 246 g/mol. The second kappa shape index (κ2) is 8.34. The highest BCUT2D eigenvalue weighted by Gasteiger charge is 2.27. The van der Waals surface area contributed by atoms with Gasteiger partial charge in [0.15, 0.2) is 0 Å². The minimum Gasteiger partial charge on any atom is -0.0683 e. The third-order valence-corrected chi connectivity index (χ3v) is 4.06. The van der Waals surface area contributed by atoms with Gasteiger partial charge in [-0.15, -0.1) is 0 Å². The molecule has 0 saturated heterocycles. The topological polar surface area (TPSA) is 0 Å². The number of benzene rings is 1. The first-order chi connectivity index (χ1) is 8.79. The van der Waals surface area contributed by atoms with E-state index in [2.05, 4.69) is 44.2 Å². The van der Waals surface area contributed by atoms with Crippen molar-refractivity contribution in [1.29, 1.82) is 0 Å². The van der Waals surface area contributed by atoms with Gasteiger partial charge in [-0.25, -0.2) is 0 Å². The zero-order valence-electron chi connectivity index (χ0n) is 12.7. The average Bonchev–Trinajstić information content (AvgIpc) is 2.43. The fraction of sp³-hybridized carbons (Fsp3) is 0.667. The standard InChI is InChI=1S/C16H24.C2H6/c1-13(2)16(14-9-5-3-6-10-14)15-11-7-4-8-12-15;1-2/h3,5-6,9-10,13,15-16H,4,7-8,11-12H2,1-2H3;1-2H3. The fourth-order valence-electron chi connectivity index (χ4n) is 3.37. The zero-order valence-corrected chi connectivity index (χ0v) is 12.7. The maximum atomic E-state index is 2.38. The molecule has 0 amide bonds. The minimum atomic E-state index is 0.769. The second-order valence-corrected chi connectivity index (χ2v) is 5.58. The lowest BCUT2D eigenvalue weighted by molar-refractivity contribution is 0.260. The summed E-state index contributed by atoms with van der Waals surface area (Å²) in [6.45, 7) is 8.76. The molecule has 1 fully saturated rings. The molecule has 0 heteroatoms. The Morgan fingerprint density at radius 2 is 1.44 bits per heavy atom. The summed E-state index contributed by atoms with van der Waals surface area (Å²) >= 11 is 0. The van der Waals surface area contributed by atoms with E-state index in [1.807, 2.05) is 13.8 Å². The molecule has 1 aromatic rings. The van der Waals surface area contributed by atoms with E-state index in [4.69, 9.17) is 0 Å². The smallest absolute Gasteiger partial charge is 0.0111 e. The van der Waals surface area contributed by atoms with Crippen LogP contribution in [0, 0.1) is 11.8 Å². The van der Waals surface area contributed by atoms with E-state index in [1.165, 1.54) is 32.1 Å². The predicted molar refractivity (Wildman–Crippen MR) is 81.9 cm³/mol. The first kappa shape index (κ1) is 15.3. The van der Waals surface area contributed by atoms with Crippen molar-refractivity contribution in [3.05, 3.63) is 35.9 Å². The van der Waals surface area contributed by atoms with Crippen molar-refractivity contribution >= 4 is 0 Å². The molecule has 0 nitrogen and oxygen atoms in total. The van der Waals surface area contributed by atoms with Crippen LogP contribution in [0.25, 0.3) is 0 Å². The first-order valence-corrected chi connectivity index (χ1v) is 7.84. The zero-order chi connectivity index (χ0) is 13.4. The van der Waals surface area contributed by atoms with Crippen molar-refractivity contribution in [3.63, 3.8) is 0 Å². The Hall–Kier alpha value is -0.780. The third kappa shape index (κ3) is 4.15. The summed E-state index contributed by atoms with van der Waals surface area (Å²) in [6.07, 6.45) is 7.23. The van der Waals surface area contributed by atoms with Crippen LogP contribution in [0.5, 0.6) is 0 Å². The van der Waals surface area contributed by atoms with Crippen molar-refractivity contribution < 1.29 is 0 Å². The maximum absolute atomic E-state index is 2.38. The van der Waals surface area contributed by atoms with Crippen molar-refractivity contribution in [2.75, 3.05) is 0 Å². The lowest BCUT2D eigenvalue weighted by atomic mass is 9.72. The van der Waals surface area contributed by atoms with Gasteiger partial charge in [0.1, 0.15) is 0 Å². The van der Waals surface area contributed by atoms with Crippen LogP contribution >= 0.6 is 0 Å². The van der Waals surface area contributed by atoms with Crippen molar-refractivity contribution in [3.8, 4) is 0 Å². The van der Waals surface area contributed by atoms with Crippen LogP contribution in [0.4, 0.5) is 0 Å². The summed E-state index contributed by atoms with van der Waals surface area (Å²) in [6, 6.07) is 11.1. The van der Waals surface area contributed by atoms with Crippen LogP contribution in [-0.4, -0.2) is 0 Å². The fourth-order valence-corrected chi connectivity index (χ4v) is 3.37. The summed E-state index contributed by atoms with van der Waals surface area (Å²) in [7, 11) is 0. The summed E-state index contributed by atoms with van der Waals surface area (Å²) in [5.41, 5.74) is 1.56. The van der Waals surface area contributed by atoms with Crippen LogP contribution in [-0.2, 0) is 0 Å². The summed E-state index contributed by atoms with van der Waals surface area (Å²) in [5, 5.41) is 0. The molecular weight excluding hydrogens is 216 g/mol.